The summed E-state index contributed by atoms with van der Waals surface area (Å²) in [5, 5.41) is 6.49. The molecule has 1 saturated heterocycles. The molecule has 9 nitrogen and oxygen atoms in total. The standard InChI is InChI=1S/C24H20N6O3/c1-29-23(33)28-22(32)24(29)8-12-5-17-18(6-13(12)9-24)26-19(25-17)7-14-10-30-11-20(31)27-16-4-2-3-15(14)21(16)30/h2-6,10H,7-9,11H2,1H3,(H,25,26)(H,27,31)(H,28,32,33). The van der Waals surface area contributed by atoms with Gasteiger partial charge in [-0.15, -0.1) is 0 Å². The summed E-state index contributed by atoms with van der Waals surface area (Å²) in [6, 6.07) is 9.69. The highest BCUT2D eigenvalue weighted by Crippen LogP contribution is 2.39. The van der Waals surface area contributed by atoms with Gasteiger partial charge >= 0.3 is 6.03 Å². The number of urea groups is 1. The minimum absolute atomic E-state index is 0.0172. The van der Waals surface area contributed by atoms with Crippen molar-refractivity contribution in [3.63, 3.8) is 0 Å². The maximum atomic E-state index is 12.5. The van der Waals surface area contributed by atoms with Crippen molar-refractivity contribution in [2.75, 3.05) is 12.4 Å². The maximum Gasteiger partial charge on any atom is 0.324 e. The number of nitrogens with zero attached hydrogens (tertiary/aromatic N) is 3. The van der Waals surface area contributed by atoms with Crippen LogP contribution < -0.4 is 10.6 Å². The highest BCUT2D eigenvalue weighted by molar-refractivity contribution is 6.08. The van der Waals surface area contributed by atoms with Crippen molar-refractivity contribution in [2.24, 2.45) is 0 Å². The van der Waals surface area contributed by atoms with Crippen molar-refractivity contribution < 1.29 is 14.4 Å². The zero-order valence-electron chi connectivity index (χ0n) is 17.9. The third-order valence-corrected chi connectivity index (χ3v) is 7.33. The molecule has 0 saturated carbocycles. The van der Waals surface area contributed by atoms with E-state index in [4.69, 9.17) is 4.98 Å². The number of imide groups is 1. The molecule has 1 unspecified atom stereocenters. The molecule has 4 aromatic rings. The number of amides is 4. The number of likely N-dealkylation sites (N-methyl/N-ethyl adjacent to an activating group) is 1. The molecule has 1 fully saturated rings. The van der Waals surface area contributed by atoms with E-state index in [0.29, 0.717) is 25.8 Å². The van der Waals surface area contributed by atoms with E-state index in [1.165, 1.54) is 4.90 Å². The predicted molar refractivity (Wildman–Crippen MR) is 121 cm³/mol. The van der Waals surface area contributed by atoms with Crippen LogP contribution in [0.15, 0.2) is 36.5 Å². The second-order valence-corrected chi connectivity index (χ2v) is 9.23. The van der Waals surface area contributed by atoms with Crippen LogP contribution in [0.4, 0.5) is 10.5 Å². The Balaban J connectivity index is 1.24. The van der Waals surface area contributed by atoms with Gasteiger partial charge in [-0.3, -0.25) is 14.9 Å². The fourth-order valence-electron chi connectivity index (χ4n) is 5.67. The monoisotopic (exact) mass is 440 g/mol. The highest BCUT2D eigenvalue weighted by Gasteiger charge is 2.54. The van der Waals surface area contributed by atoms with Gasteiger partial charge in [-0.05, 0) is 34.9 Å². The zero-order chi connectivity index (χ0) is 22.5. The largest absolute Gasteiger partial charge is 0.342 e. The smallest absolute Gasteiger partial charge is 0.324 e. The number of para-hydroxylation sites is 1. The van der Waals surface area contributed by atoms with Crippen LogP contribution in [0.2, 0.25) is 0 Å². The molecule has 2 aliphatic heterocycles. The van der Waals surface area contributed by atoms with Crippen LogP contribution in [0.25, 0.3) is 21.9 Å². The molecule has 9 heteroatoms. The fourth-order valence-corrected chi connectivity index (χ4v) is 5.67. The van der Waals surface area contributed by atoms with Gasteiger partial charge in [-0.1, -0.05) is 12.1 Å². The number of carbonyl (C=O) groups excluding carboxylic acids is 3. The average molecular weight is 440 g/mol. The first-order valence-electron chi connectivity index (χ1n) is 10.9. The molecule has 4 amide bonds. The molecule has 7 rings (SSSR count). The molecule has 4 heterocycles. The predicted octanol–water partition coefficient (Wildman–Crippen LogP) is 2.08. The number of anilines is 1. The van der Waals surface area contributed by atoms with Gasteiger partial charge in [0.2, 0.25) is 5.91 Å². The molecule has 1 spiro atoms. The Kier molecular flexibility index (Phi) is 3.35. The molecule has 33 heavy (non-hydrogen) atoms. The van der Waals surface area contributed by atoms with Crippen LogP contribution in [-0.4, -0.2) is 49.9 Å². The van der Waals surface area contributed by atoms with Gasteiger partial charge in [0.05, 0.1) is 22.2 Å². The first kappa shape index (κ1) is 18.4. The zero-order valence-corrected chi connectivity index (χ0v) is 17.9. The van der Waals surface area contributed by atoms with Gasteiger partial charge in [-0.2, -0.15) is 0 Å². The summed E-state index contributed by atoms with van der Waals surface area (Å²) in [6.07, 6.45) is 3.64. The van der Waals surface area contributed by atoms with Gasteiger partial charge in [0.1, 0.15) is 17.9 Å². The molecule has 2 aromatic heterocycles. The lowest BCUT2D eigenvalue weighted by Gasteiger charge is -2.27. The van der Waals surface area contributed by atoms with Crippen molar-refractivity contribution in [2.45, 2.75) is 31.3 Å². The van der Waals surface area contributed by atoms with Crippen molar-refractivity contribution >= 4 is 45.5 Å². The van der Waals surface area contributed by atoms with E-state index in [1.807, 2.05) is 29.0 Å². The third kappa shape index (κ3) is 2.41. The Morgan fingerprint density at radius 2 is 1.91 bits per heavy atom. The number of imidazole rings is 1. The minimum Gasteiger partial charge on any atom is -0.342 e. The number of rotatable bonds is 2. The van der Waals surface area contributed by atoms with E-state index in [1.54, 1.807) is 7.05 Å². The first-order valence-corrected chi connectivity index (χ1v) is 10.9. The summed E-state index contributed by atoms with van der Waals surface area (Å²) in [6.45, 7) is 0.312. The lowest BCUT2D eigenvalue weighted by Crippen LogP contribution is -2.48. The Labute approximate surface area is 187 Å². The number of hydrogen-bond donors (Lipinski definition) is 3. The summed E-state index contributed by atoms with van der Waals surface area (Å²) in [4.78, 5) is 46.3. The number of hydrogen-bond acceptors (Lipinski definition) is 4. The number of H-pyrrole nitrogens is 1. The third-order valence-electron chi connectivity index (χ3n) is 7.33. The molecular formula is C24H20N6O3. The molecule has 2 aromatic carbocycles. The SMILES string of the molecule is CN1C(=O)NC(=O)C12Cc1cc3nc(Cc4cn5c6c(cccc46)NC(=O)C5)[nH]c3cc1C2. The average Bonchev–Trinajstić information content (AvgIpc) is 3.49. The van der Waals surface area contributed by atoms with Gasteiger partial charge in [0.25, 0.3) is 5.91 Å². The van der Waals surface area contributed by atoms with Gasteiger partial charge in [0, 0.05) is 37.9 Å². The number of aromatic amines is 1. The molecule has 1 atom stereocenters. The second-order valence-electron chi connectivity index (χ2n) is 9.23. The Morgan fingerprint density at radius 1 is 1.09 bits per heavy atom. The van der Waals surface area contributed by atoms with Gasteiger partial charge in [0.15, 0.2) is 0 Å². The Morgan fingerprint density at radius 3 is 2.70 bits per heavy atom. The number of nitrogens with one attached hydrogen (secondary N) is 3. The van der Waals surface area contributed by atoms with E-state index in [9.17, 15) is 14.4 Å². The molecule has 3 aliphatic rings. The van der Waals surface area contributed by atoms with Gasteiger partial charge in [-0.25, -0.2) is 9.78 Å². The van der Waals surface area contributed by atoms with E-state index in [2.05, 4.69) is 27.8 Å². The van der Waals surface area contributed by atoms with Crippen LogP contribution in [0.5, 0.6) is 0 Å². The molecule has 164 valence electrons. The number of benzene rings is 2. The number of fused-ring (bicyclic) bond motifs is 2. The minimum atomic E-state index is -0.835. The lowest BCUT2D eigenvalue weighted by molar-refractivity contribution is -0.125. The Hall–Kier alpha value is -4.14. The van der Waals surface area contributed by atoms with Crippen molar-refractivity contribution in [1.29, 1.82) is 0 Å². The Bertz CT molecular complexity index is 1520. The van der Waals surface area contributed by atoms with E-state index >= 15 is 0 Å². The highest BCUT2D eigenvalue weighted by atomic mass is 16.2. The van der Waals surface area contributed by atoms with Crippen LogP contribution in [0.1, 0.15) is 22.5 Å². The van der Waals surface area contributed by atoms with Crippen LogP contribution in [0.3, 0.4) is 0 Å². The normalized spacial score (nSPS) is 18.5. The molecule has 1 aliphatic carbocycles. The quantitative estimate of drug-likeness (QED) is 0.414. The van der Waals surface area contributed by atoms with E-state index < -0.39 is 5.54 Å². The number of carbonyl (C=O) groups is 3. The van der Waals surface area contributed by atoms with Crippen LogP contribution in [0, 0.1) is 0 Å². The maximum absolute atomic E-state index is 12.5. The topological polar surface area (TPSA) is 112 Å². The van der Waals surface area contributed by atoms with Crippen LogP contribution >= 0.6 is 0 Å². The molecule has 3 N–H and O–H groups in total. The van der Waals surface area contributed by atoms with Crippen molar-refractivity contribution in [3.8, 4) is 0 Å². The second kappa shape index (κ2) is 6.00. The summed E-state index contributed by atoms with van der Waals surface area (Å²) in [7, 11) is 1.68. The molecule has 0 bridgehead atoms. The summed E-state index contributed by atoms with van der Waals surface area (Å²) in [5.41, 5.74) is 6.03. The van der Waals surface area contributed by atoms with Crippen molar-refractivity contribution in [3.05, 3.63) is 59.0 Å². The van der Waals surface area contributed by atoms with Crippen LogP contribution in [-0.2, 0) is 35.4 Å². The summed E-state index contributed by atoms with van der Waals surface area (Å²) >= 11 is 0. The fraction of sp³-hybridized carbons (Fsp3) is 0.250. The first-order chi connectivity index (χ1) is 15.9. The van der Waals surface area contributed by atoms with Crippen molar-refractivity contribution in [1.82, 2.24) is 24.8 Å². The number of aromatic nitrogens is 3. The summed E-state index contributed by atoms with van der Waals surface area (Å²) in [5.74, 6) is 0.596. The molecule has 0 radical (unpaired) electrons. The van der Waals surface area contributed by atoms with E-state index in [0.717, 1.165) is 50.1 Å². The lowest BCUT2D eigenvalue weighted by atomic mass is 9.95. The summed E-state index contributed by atoms with van der Waals surface area (Å²) < 4.78 is 2.00. The molecular weight excluding hydrogens is 420 g/mol. The van der Waals surface area contributed by atoms with Gasteiger partial charge < -0.3 is 19.8 Å². The van der Waals surface area contributed by atoms with E-state index in [-0.39, 0.29) is 17.8 Å².